The number of rotatable bonds is 2. The third-order valence-electron chi connectivity index (χ3n) is 3.41. The largest absolute Gasteiger partial charge is 0.399 e. The zero-order valence-corrected chi connectivity index (χ0v) is 9.83. The highest BCUT2D eigenvalue weighted by Crippen LogP contribution is 2.31. The van der Waals surface area contributed by atoms with Crippen molar-refractivity contribution in [3.05, 3.63) is 23.8 Å². The monoisotopic (exact) mass is 204 g/mol. The van der Waals surface area contributed by atoms with Gasteiger partial charge < -0.3 is 10.6 Å². The van der Waals surface area contributed by atoms with Crippen LogP contribution in [0, 0.1) is 18.8 Å². The fourth-order valence-corrected chi connectivity index (χ4v) is 2.16. The topological polar surface area (TPSA) is 29.3 Å². The summed E-state index contributed by atoms with van der Waals surface area (Å²) in [4.78, 5) is 2.44. The fourth-order valence-electron chi connectivity index (χ4n) is 2.16. The highest BCUT2D eigenvalue weighted by atomic mass is 15.2. The molecule has 1 aliphatic heterocycles. The SMILES string of the molecule is Cc1cc(N)ccc1N1CC(C(C)C)C1. The number of hydrogen-bond acceptors (Lipinski definition) is 2. The summed E-state index contributed by atoms with van der Waals surface area (Å²) in [5, 5.41) is 0. The van der Waals surface area contributed by atoms with Crippen molar-refractivity contribution in [3.63, 3.8) is 0 Å². The van der Waals surface area contributed by atoms with Crippen molar-refractivity contribution in [1.29, 1.82) is 0 Å². The first-order valence-electron chi connectivity index (χ1n) is 5.69. The second-order valence-corrected chi connectivity index (χ2v) is 4.96. The minimum atomic E-state index is 0.801. The number of nitrogen functional groups attached to an aromatic ring is 1. The molecule has 0 aliphatic carbocycles. The maximum Gasteiger partial charge on any atom is 0.0397 e. The van der Waals surface area contributed by atoms with Gasteiger partial charge in [0.05, 0.1) is 0 Å². The molecular formula is C13H20N2. The molecule has 1 aromatic carbocycles. The third kappa shape index (κ3) is 1.94. The molecule has 0 radical (unpaired) electrons. The van der Waals surface area contributed by atoms with Crippen molar-refractivity contribution in [3.8, 4) is 0 Å². The van der Waals surface area contributed by atoms with Gasteiger partial charge in [-0.25, -0.2) is 0 Å². The Morgan fingerprint density at radius 3 is 2.53 bits per heavy atom. The van der Waals surface area contributed by atoms with E-state index in [9.17, 15) is 0 Å². The van der Waals surface area contributed by atoms with Crippen LogP contribution in [0.3, 0.4) is 0 Å². The van der Waals surface area contributed by atoms with Gasteiger partial charge in [0, 0.05) is 24.5 Å². The normalized spacial score (nSPS) is 16.9. The molecule has 2 nitrogen and oxygen atoms in total. The van der Waals surface area contributed by atoms with Crippen molar-refractivity contribution >= 4 is 11.4 Å². The molecule has 0 unspecified atom stereocenters. The zero-order valence-electron chi connectivity index (χ0n) is 9.83. The predicted octanol–water partition coefficient (Wildman–Crippen LogP) is 2.67. The Hall–Kier alpha value is -1.18. The van der Waals surface area contributed by atoms with Gasteiger partial charge in [-0.1, -0.05) is 13.8 Å². The van der Waals surface area contributed by atoms with Crippen LogP contribution in [-0.4, -0.2) is 13.1 Å². The fraction of sp³-hybridized carbons (Fsp3) is 0.538. The quantitative estimate of drug-likeness (QED) is 0.750. The van der Waals surface area contributed by atoms with E-state index in [-0.39, 0.29) is 0 Å². The maximum absolute atomic E-state index is 5.74. The van der Waals surface area contributed by atoms with Crippen LogP contribution in [0.1, 0.15) is 19.4 Å². The molecule has 0 atom stereocenters. The number of nitrogens with zero attached hydrogens (tertiary/aromatic N) is 1. The third-order valence-corrected chi connectivity index (χ3v) is 3.41. The molecule has 1 aliphatic rings. The van der Waals surface area contributed by atoms with E-state index in [0.717, 1.165) is 17.5 Å². The summed E-state index contributed by atoms with van der Waals surface area (Å²) in [5.74, 6) is 1.66. The lowest BCUT2D eigenvalue weighted by molar-refractivity contribution is 0.309. The van der Waals surface area contributed by atoms with Gasteiger partial charge in [0.1, 0.15) is 0 Å². The Morgan fingerprint density at radius 1 is 1.33 bits per heavy atom. The Morgan fingerprint density at radius 2 is 2.00 bits per heavy atom. The predicted molar refractivity (Wildman–Crippen MR) is 66.1 cm³/mol. The molecule has 2 heteroatoms. The van der Waals surface area contributed by atoms with E-state index in [1.807, 2.05) is 6.07 Å². The number of hydrogen-bond donors (Lipinski definition) is 1. The van der Waals surface area contributed by atoms with E-state index in [4.69, 9.17) is 5.73 Å². The van der Waals surface area contributed by atoms with E-state index >= 15 is 0 Å². The molecule has 1 fully saturated rings. The molecule has 0 bridgehead atoms. The average molecular weight is 204 g/mol. The standard InChI is InChI=1S/C13H20N2/c1-9(2)11-7-15(8-11)13-5-4-12(14)6-10(13)3/h4-6,9,11H,7-8,14H2,1-3H3. The number of aryl methyl sites for hydroxylation is 1. The summed E-state index contributed by atoms with van der Waals surface area (Å²) in [5.41, 5.74) is 9.24. The van der Waals surface area contributed by atoms with Crippen LogP contribution in [0.2, 0.25) is 0 Å². The molecule has 0 aromatic heterocycles. The van der Waals surface area contributed by atoms with Gasteiger partial charge in [0.2, 0.25) is 0 Å². The summed E-state index contributed by atoms with van der Waals surface area (Å²) in [6.07, 6.45) is 0. The smallest absolute Gasteiger partial charge is 0.0397 e. The highest BCUT2D eigenvalue weighted by molar-refractivity contribution is 5.60. The minimum absolute atomic E-state index is 0.801. The molecule has 2 rings (SSSR count). The van der Waals surface area contributed by atoms with Gasteiger partial charge in [-0.2, -0.15) is 0 Å². The van der Waals surface area contributed by atoms with E-state index < -0.39 is 0 Å². The summed E-state index contributed by atoms with van der Waals surface area (Å²) in [6.45, 7) is 9.13. The Labute approximate surface area is 92.1 Å². The van der Waals surface area contributed by atoms with Crippen molar-refractivity contribution in [2.75, 3.05) is 23.7 Å². The molecule has 1 aromatic rings. The Balaban J connectivity index is 2.07. The van der Waals surface area contributed by atoms with Crippen molar-refractivity contribution in [2.45, 2.75) is 20.8 Å². The van der Waals surface area contributed by atoms with E-state index in [0.29, 0.717) is 0 Å². The average Bonchev–Trinajstić information content (AvgIpc) is 2.05. The second kappa shape index (κ2) is 3.76. The van der Waals surface area contributed by atoms with Crippen LogP contribution in [0.5, 0.6) is 0 Å². The van der Waals surface area contributed by atoms with Gasteiger partial charge >= 0.3 is 0 Å². The van der Waals surface area contributed by atoms with Crippen LogP contribution in [0.25, 0.3) is 0 Å². The number of benzene rings is 1. The second-order valence-electron chi connectivity index (χ2n) is 4.96. The Bertz CT molecular complexity index is 352. The molecule has 2 N–H and O–H groups in total. The molecule has 0 spiro atoms. The van der Waals surface area contributed by atoms with Gasteiger partial charge in [-0.05, 0) is 42.5 Å². The first-order valence-corrected chi connectivity index (χ1v) is 5.69. The van der Waals surface area contributed by atoms with E-state index in [2.05, 4.69) is 37.8 Å². The zero-order chi connectivity index (χ0) is 11.0. The lowest BCUT2D eigenvalue weighted by Crippen LogP contribution is -2.49. The summed E-state index contributed by atoms with van der Waals surface area (Å²) < 4.78 is 0. The van der Waals surface area contributed by atoms with E-state index in [1.165, 1.54) is 24.3 Å². The summed E-state index contributed by atoms with van der Waals surface area (Å²) in [6, 6.07) is 6.18. The van der Waals surface area contributed by atoms with Gasteiger partial charge in [0.25, 0.3) is 0 Å². The first-order chi connectivity index (χ1) is 7.08. The van der Waals surface area contributed by atoms with Crippen LogP contribution in [-0.2, 0) is 0 Å². The van der Waals surface area contributed by atoms with Crippen LogP contribution in [0.4, 0.5) is 11.4 Å². The van der Waals surface area contributed by atoms with Gasteiger partial charge in [-0.15, -0.1) is 0 Å². The van der Waals surface area contributed by atoms with E-state index in [1.54, 1.807) is 0 Å². The number of anilines is 2. The first kappa shape index (κ1) is 10.3. The minimum Gasteiger partial charge on any atom is -0.399 e. The van der Waals surface area contributed by atoms with Crippen LogP contribution in [0.15, 0.2) is 18.2 Å². The van der Waals surface area contributed by atoms with Crippen LogP contribution < -0.4 is 10.6 Å². The van der Waals surface area contributed by atoms with Gasteiger partial charge in [0.15, 0.2) is 0 Å². The molecule has 0 saturated carbocycles. The van der Waals surface area contributed by atoms with Gasteiger partial charge in [-0.3, -0.25) is 0 Å². The van der Waals surface area contributed by atoms with Crippen LogP contribution >= 0.6 is 0 Å². The Kier molecular flexibility index (Phi) is 2.59. The van der Waals surface area contributed by atoms with Crippen molar-refractivity contribution in [1.82, 2.24) is 0 Å². The number of nitrogens with two attached hydrogens (primary N) is 1. The molecule has 1 saturated heterocycles. The summed E-state index contributed by atoms with van der Waals surface area (Å²) in [7, 11) is 0. The van der Waals surface area contributed by atoms with Crippen molar-refractivity contribution in [2.24, 2.45) is 11.8 Å². The lowest BCUT2D eigenvalue weighted by Gasteiger charge is -2.44. The molecule has 15 heavy (non-hydrogen) atoms. The molecule has 0 amide bonds. The molecule has 82 valence electrons. The molecule has 1 heterocycles. The lowest BCUT2D eigenvalue weighted by atomic mass is 9.87. The summed E-state index contributed by atoms with van der Waals surface area (Å²) >= 11 is 0. The maximum atomic E-state index is 5.74. The van der Waals surface area contributed by atoms with Crippen molar-refractivity contribution < 1.29 is 0 Å². The highest BCUT2D eigenvalue weighted by Gasteiger charge is 2.29. The molecular weight excluding hydrogens is 184 g/mol.